The van der Waals surface area contributed by atoms with Crippen LogP contribution in [-0.2, 0) is 4.79 Å². The van der Waals surface area contributed by atoms with Gasteiger partial charge in [-0.3, -0.25) is 4.79 Å². The van der Waals surface area contributed by atoms with Gasteiger partial charge in [0.25, 0.3) is 0 Å². The van der Waals surface area contributed by atoms with E-state index in [4.69, 9.17) is 5.11 Å². The van der Waals surface area contributed by atoms with Gasteiger partial charge >= 0.3 is 12.0 Å². The Hall–Kier alpha value is -1.30. The quantitative estimate of drug-likeness (QED) is 0.777. The van der Waals surface area contributed by atoms with Crippen LogP contribution in [0.15, 0.2) is 0 Å². The lowest BCUT2D eigenvalue weighted by molar-refractivity contribution is -0.143. The molecule has 1 fully saturated rings. The number of hydrogen-bond acceptors (Lipinski definition) is 3. The van der Waals surface area contributed by atoms with Gasteiger partial charge in [0, 0.05) is 32.2 Å². The molecule has 1 unspecified atom stereocenters. The van der Waals surface area contributed by atoms with Crippen LogP contribution in [0.1, 0.15) is 26.7 Å². The van der Waals surface area contributed by atoms with Crippen molar-refractivity contribution in [3.05, 3.63) is 0 Å². The molecule has 6 nitrogen and oxygen atoms in total. The SMILES string of the molecule is CC(C)N(C)CCNC(=O)N1CCCC(C(=O)O)C1. The Morgan fingerprint density at radius 1 is 1.47 bits per heavy atom. The first-order valence-corrected chi connectivity index (χ1v) is 6.87. The molecule has 2 amide bonds. The lowest BCUT2D eigenvalue weighted by atomic mass is 9.99. The van der Waals surface area contributed by atoms with Crippen LogP contribution in [0.4, 0.5) is 4.79 Å². The van der Waals surface area contributed by atoms with E-state index < -0.39 is 11.9 Å². The zero-order valence-electron chi connectivity index (χ0n) is 12.1. The zero-order chi connectivity index (χ0) is 14.4. The van der Waals surface area contributed by atoms with Gasteiger partial charge in [-0.1, -0.05) is 0 Å². The molecular weight excluding hydrogens is 246 g/mol. The molecule has 1 aliphatic rings. The Kier molecular flexibility index (Phi) is 6.08. The molecule has 0 radical (unpaired) electrons. The average molecular weight is 271 g/mol. The fourth-order valence-corrected chi connectivity index (χ4v) is 2.07. The van der Waals surface area contributed by atoms with Crippen molar-refractivity contribution in [3.8, 4) is 0 Å². The van der Waals surface area contributed by atoms with E-state index in [0.29, 0.717) is 32.1 Å². The molecule has 19 heavy (non-hydrogen) atoms. The van der Waals surface area contributed by atoms with Crippen molar-refractivity contribution in [2.75, 3.05) is 33.2 Å². The number of carboxylic acid groups (broad SMARTS) is 1. The van der Waals surface area contributed by atoms with Gasteiger partial charge < -0.3 is 20.2 Å². The van der Waals surface area contributed by atoms with E-state index in [1.165, 1.54) is 0 Å². The number of likely N-dealkylation sites (tertiary alicyclic amines) is 1. The summed E-state index contributed by atoms with van der Waals surface area (Å²) >= 11 is 0. The second kappa shape index (κ2) is 7.33. The van der Waals surface area contributed by atoms with Crippen molar-refractivity contribution >= 4 is 12.0 Å². The van der Waals surface area contributed by atoms with Gasteiger partial charge in [0.1, 0.15) is 0 Å². The number of likely N-dealkylation sites (N-methyl/N-ethyl adjacent to an activating group) is 1. The predicted molar refractivity (Wildman–Crippen MR) is 73.1 cm³/mol. The predicted octanol–water partition coefficient (Wildman–Crippen LogP) is 0.833. The maximum atomic E-state index is 11.9. The van der Waals surface area contributed by atoms with Crippen LogP contribution in [0, 0.1) is 5.92 Å². The third-order valence-electron chi connectivity index (χ3n) is 3.68. The Labute approximate surface area is 114 Å². The highest BCUT2D eigenvalue weighted by molar-refractivity contribution is 5.76. The topological polar surface area (TPSA) is 72.9 Å². The summed E-state index contributed by atoms with van der Waals surface area (Å²) in [7, 11) is 2.01. The molecule has 110 valence electrons. The molecule has 0 aromatic heterocycles. The first kappa shape index (κ1) is 15.8. The molecule has 0 aromatic rings. The summed E-state index contributed by atoms with van der Waals surface area (Å²) in [5, 5.41) is 11.8. The standard InChI is InChI=1S/C13H25N3O3/c1-10(2)15(3)8-6-14-13(19)16-7-4-5-11(9-16)12(17)18/h10-11H,4-9H2,1-3H3,(H,14,19)(H,17,18). The van der Waals surface area contributed by atoms with Gasteiger partial charge in [0.05, 0.1) is 5.92 Å². The number of aliphatic carboxylic acids is 1. The Balaban J connectivity index is 2.31. The van der Waals surface area contributed by atoms with Gasteiger partial charge in [0.2, 0.25) is 0 Å². The van der Waals surface area contributed by atoms with Crippen molar-refractivity contribution in [2.45, 2.75) is 32.7 Å². The summed E-state index contributed by atoms with van der Waals surface area (Å²) in [6, 6.07) is 0.298. The number of urea groups is 1. The number of carboxylic acids is 1. The fraction of sp³-hybridized carbons (Fsp3) is 0.846. The molecule has 0 spiro atoms. The van der Waals surface area contributed by atoms with E-state index in [9.17, 15) is 9.59 Å². The van der Waals surface area contributed by atoms with Crippen LogP contribution in [0.25, 0.3) is 0 Å². The van der Waals surface area contributed by atoms with Crippen molar-refractivity contribution < 1.29 is 14.7 Å². The van der Waals surface area contributed by atoms with Gasteiger partial charge in [-0.2, -0.15) is 0 Å². The first-order valence-electron chi connectivity index (χ1n) is 6.87. The fourth-order valence-electron chi connectivity index (χ4n) is 2.07. The van der Waals surface area contributed by atoms with Crippen molar-refractivity contribution in [2.24, 2.45) is 5.92 Å². The molecule has 2 N–H and O–H groups in total. The number of rotatable bonds is 5. The van der Waals surface area contributed by atoms with E-state index in [-0.39, 0.29) is 6.03 Å². The second-order valence-corrected chi connectivity index (χ2v) is 5.43. The van der Waals surface area contributed by atoms with Gasteiger partial charge in [0.15, 0.2) is 0 Å². The summed E-state index contributed by atoms with van der Waals surface area (Å²) in [5.74, 6) is -1.23. The minimum atomic E-state index is -0.808. The maximum Gasteiger partial charge on any atom is 0.317 e. The van der Waals surface area contributed by atoms with E-state index in [2.05, 4.69) is 24.1 Å². The number of carbonyl (C=O) groups excluding carboxylic acids is 1. The van der Waals surface area contributed by atoms with Crippen LogP contribution in [0.2, 0.25) is 0 Å². The van der Waals surface area contributed by atoms with E-state index in [0.717, 1.165) is 13.0 Å². The molecule has 0 saturated carbocycles. The smallest absolute Gasteiger partial charge is 0.317 e. The van der Waals surface area contributed by atoms with Crippen LogP contribution in [0.5, 0.6) is 0 Å². The van der Waals surface area contributed by atoms with E-state index >= 15 is 0 Å². The zero-order valence-corrected chi connectivity index (χ0v) is 12.1. The van der Waals surface area contributed by atoms with Crippen molar-refractivity contribution in [1.29, 1.82) is 0 Å². The van der Waals surface area contributed by atoms with Gasteiger partial charge in [-0.05, 0) is 33.7 Å². The molecule has 0 bridgehead atoms. The van der Waals surface area contributed by atoms with Crippen LogP contribution >= 0.6 is 0 Å². The number of hydrogen-bond donors (Lipinski definition) is 2. The van der Waals surface area contributed by atoms with Crippen molar-refractivity contribution in [1.82, 2.24) is 15.1 Å². The molecule has 1 atom stereocenters. The van der Waals surface area contributed by atoms with Crippen LogP contribution in [0.3, 0.4) is 0 Å². The largest absolute Gasteiger partial charge is 0.481 e. The molecule has 1 heterocycles. The minimum absolute atomic E-state index is 0.150. The lowest BCUT2D eigenvalue weighted by Crippen LogP contribution is -2.48. The highest BCUT2D eigenvalue weighted by atomic mass is 16.4. The highest BCUT2D eigenvalue weighted by Gasteiger charge is 2.27. The Morgan fingerprint density at radius 3 is 2.74 bits per heavy atom. The lowest BCUT2D eigenvalue weighted by Gasteiger charge is -2.31. The van der Waals surface area contributed by atoms with Gasteiger partial charge in [-0.25, -0.2) is 4.79 Å². The summed E-state index contributed by atoms with van der Waals surface area (Å²) in [5.41, 5.74) is 0. The monoisotopic (exact) mass is 271 g/mol. The summed E-state index contributed by atoms with van der Waals surface area (Å²) in [4.78, 5) is 26.6. The summed E-state index contributed by atoms with van der Waals surface area (Å²) in [6.45, 7) is 6.55. The first-order chi connectivity index (χ1) is 8.91. The minimum Gasteiger partial charge on any atom is -0.481 e. The molecule has 1 aliphatic heterocycles. The normalized spacial score (nSPS) is 19.8. The Bertz CT molecular complexity index is 320. The van der Waals surface area contributed by atoms with E-state index in [1.54, 1.807) is 4.90 Å². The third-order valence-corrected chi connectivity index (χ3v) is 3.68. The molecular formula is C13H25N3O3. The second-order valence-electron chi connectivity index (χ2n) is 5.43. The molecule has 0 aromatic carbocycles. The van der Waals surface area contributed by atoms with Crippen LogP contribution in [-0.4, -0.2) is 66.2 Å². The number of amides is 2. The molecule has 0 aliphatic carbocycles. The summed E-state index contributed by atoms with van der Waals surface area (Å²) in [6.07, 6.45) is 1.42. The van der Waals surface area contributed by atoms with E-state index in [1.807, 2.05) is 7.05 Å². The summed E-state index contributed by atoms with van der Waals surface area (Å²) < 4.78 is 0. The third kappa shape index (κ3) is 5.06. The number of piperidine rings is 1. The average Bonchev–Trinajstić information content (AvgIpc) is 2.38. The highest BCUT2D eigenvalue weighted by Crippen LogP contribution is 2.16. The molecule has 1 saturated heterocycles. The van der Waals surface area contributed by atoms with Crippen molar-refractivity contribution in [3.63, 3.8) is 0 Å². The number of nitrogens with one attached hydrogen (secondary N) is 1. The number of nitrogens with zero attached hydrogens (tertiary/aromatic N) is 2. The maximum absolute atomic E-state index is 11.9. The Morgan fingerprint density at radius 2 is 2.16 bits per heavy atom. The molecule has 6 heteroatoms. The van der Waals surface area contributed by atoms with Gasteiger partial charge in [-0.15, -0.1) is 0 Å². The van der Waals surface area contributed by atoms with Crippen LogP contribution < -0.4 is 5.32 Å². The number of carbonyl (C=O) groups is 2. The molecule has 1 rings (SSSR count).